The van der Waals surface area contributed by atoms with Gasteiger partial charge in [0.05, 0.1) is 0 Å². The number of aliphatic hydroxyl groups excluding tert-OH is 2. The minimum atomic E-state index is -1.06. The van der Waals surface area contributed by atoms with Crippen LogP contribution in [0.5, 0.6) is 0 Å². The number of carboxylic acid groups (broad SMARTS) is 2. The highest BCUT2D eigenvalue weighted by Gasteiger charge is 1.98. The number of ketones is 2. The molecule has 0 aliphatic carbocycles. The Morgan fingerprint density at radius 3 is 1.00 bits per heavy atom. The van der Waals surface area contributed by atoms with Crippen molar-refractivity contribution in [3.8, 4) is 0 Å². The van der Waals surface area contributed by atoms with Crippen LogP contribution in [0, 0.1) is 0 Å². The second-order valence-corrected chi connectivity index (χ2v) is 4.41. The largest absolute Gasteiger partial charge is 0.481 e. The van der Waals surface area contributed by atoms with Gasteiger partial charge in [0.25, 0.3) is 0 Å². The standard InChI is InChI=1S/C6H14O2.2C4H6O3/c7-5-3-1-2-4-6-8;2*1-3(5)2-4(6)7/h7-8H,1-6H2;2*2H2,1H3,(H,6,7). The number of aliphatic carboxylic acids is 2. The van der Waals surface area contributed by atoms with Crippen LogP contribution in [0.1, 0.15) is 52.4 Å². The Bertz CT molecular complexity index is 269. The molecule has 22 heavy (non-hydrogen) atoms. The number of hydrogen-bond acceptors (Lipinski definition) is 6. The van der Waals surface area contributed by atoms with Gasteiger partial charge in [-0.2, -0.15) is 0 Å². The van der Waals surface area contributed by atoms with Crippen molar-refractivity contribution in [1.82, 2.24) is 0 Å². The van der Waals surface area contributed by atoms with Gasteiger partial charge in [-0.25, -0.2) is 0 Å². The zero-order valence-electron chi connectivity index (χ0n) is 13.1. The molecule has 0 aromatic carbocycles. The minimum absolute atomic E-state index is 0.283. The number of carboxylic acids is 2. The molecule has 130 valence electrons. The molecule has 0 bridgehead atoms. The van der Waals surface area contributed by atoms with E-state index in [4.69, 9.17) is 20.4 Å². The number of hydrogen-bond donors (Lipinski definition) is 4. The van der Waals surface area contributed by atoms with Crippen molar-refractivity contribution < 1.29 is 39.6 Å². The Morgan fingerprint density at radius 2 is 0.909 bits per heavy atom. The van der Waals surface area contributed by atoms with Crippen molar-refractivity contribution in [2.24, 2.45) is 0 Å². The van der Waals surface area contributed by atoms with Gasteiger partial charge in [-0.1, -0.05) is 12.8 Å². The van der Waals surface area contributed by atoms with Crippen LogP contribution < -0.4 is 0 Å². The summed E-state index contributed by atoms with van der Waals surface area (Å²) in [5, 5.41) is 32.3. The fraction of sp³-hybridized carbons (Fsp3) is 0.714. The topological polar surface area (TPSA) is 149 Å². The monoisotopic (exact) mass is 322 g/mol. The van der Waals surface area contributed by atoms with Crippen LogP contribution in [-0.2, 0) is 19.2 Å². The molecule has 0 heterocycles. The van der Waals surface area contributed by atoms with Gasteiger partial charge in [0.1, 0.15) is 24.4 Å². The van der Waals surface area contributed by atoms with Crippen molar-refractivity contribution in [2.75, 3.05) is 13.2 Å². The predicted molar refractivity (Wildman–Crippen MR) is 78.5 cm³/mol. The lowest BCUT2D eigenvalue weighted by atomic mass is 10.2. The number of Topliss-reactive ketones (excluding diaryl/α,β-unsaturated/α-hetero) is 2. The molecule has 0 unspecified atom stereocenters. The van der Waals surface area contributed by atoms with Gasteiger partial charge in [0, 0.05) is 13.2 Å². The van der Waals surface area contributed by atoms with E-state index in [2.05, 4.69) is 0 Å². The van der Waals surface area contributed by atoms with Crippen LogP contribution in [0.4, 0.5) is 0 Å². The Labute approximate surface area is 129 Å². The van der Waals surface area contributed by atoms with E-state index in [1.165, 1.54) is 13.8 Å². The van der Waals surface area contributed by atoms with E-state index in [-0.39, 0.29) is 37.6 Å². The third kappa shape index (κ3) is 42.9. The smallest absolute Gasteiger partial charge is 0.310 e. The molecular formula is C14H26O8. The second kappa shape index (κ2) is 19.2. The number of aliphatic hydroxyl groups is 2. The van der Waals surface area contributed by atoms with Gasteiger partial charge in [0.2, 0.25) is 0 Å². The maximum atomic E-state index is 9.87. The van der Waals surface area contributed by atoms with Gasteiger partial charge in [0.15, 0.2) is 0 Å². The molecule has 0 aliphatic rings. The Kier molecular flexibility index (Phi) is 22.0. The molecule has 0 atom stereocenters. The first-order valence-electron chi connectivity index (χ1n) is 6.81. The van der Waals surface area contributed by atoms with Crippen LogP contribution in [-0.4, -0.2) is 57.1 Å². The summed E-state index contributed by atoms with van der Waals surface area (Å²) >= 11 is 0. The van der Waals surface area contributed by atoms with Crippen LogP contribution >= 0.6 is 0 Å². The van der Waals surface area contributed by atoms with Gasteiger partial charge in [-0.3, -0.25) is 19.2 Å². The summed E-state index contributed by atoms with van der Waals surface area (Å²) in [4.78, 5) is 38.9. The highest BCUT2D eigenvalue weighted by Crippen LogP contribution is 1.96. The van der Waals surface area contributed by atoms with Crippen LogP contribution in [0.25, 0.3) is 0 Å². The minimum Gasteiger partial charge on any atom is -0.481 e. The second-order valence-electron chi connectivity index (χ2n) is 4.41. The number of rotatable bonds is 9. The lowest BCUT2D eigenvalue weighted by molar-refractivity contribution is -0.141. The lowest BCUT2D eigenvalue weighted by Gasteiger charge is -1.93. The van der Waals surface area contributed by atoms with Crippen molar-refractivity contribution in [2.45, 2.75) is 52.4 Å². The molecule has 8 heteroatoms. The summed E-state index contributed by atoms with van der Waals surface area (Å²) in [6.07, 6.45) is 3.11. The summed E-state index contributed by atoms with van der Waals surface area (Å²) in [5.74, 6) is -2.75. The Hall–Kier alpha value is -1.80. The first-order chi connectivity index (χ1) is 10.2. The maximum absolute atomic E-state index is 9.87. The van der Waals surface area contributed by atoms with Crippen molar-refractivity contribution in [3.05, 3.63) is 0 Å². The predicted octanol–water partition coefficient (Wildman–Crippen LogP) is 0.632. The molecule has 0 rings (SSSR count). The quantitative estimate of drug-likeness (QED) is 0.356. The number of carbonyl (C=O) groups excluding carboxylic acids is 2. The van der Waals surface area contributed by atoms with E-state index in [9.17, 15) is 19.2 Å². The van der Waals surface area contributed by atoms with Gasteiger partial charge < -0.3 is 20.4 Å². The zero-order chi connectivity index (χ0) is 18.0. The normalized spacial score (nSPS) is 8.73. The van der Waals surface area contributed by atoms with Gasteiger partial charge in [-0.05, 0) is 26.7 Å². The highest BCUT2D eigenvalue weighted by atomic mass is 16.4. The van der Waals surface area contributed by atoms with E-state index >= 15 is 0 Å². The molecule has 0 amide bonds. The molecule has 0 fully saturated rings. The van der Waals surface area contributed by atoms with Crippen LogP contribution in [0.2, 0.25) is 0 Å². The fourth-order valence-electron chi connectivity index (χ4n) is 1.00. The molecule has 0 radical (unpaired) electrons. The number of carbonyl (C=O) groups is 4. The van der Waals surface area contributed by atoms with E-state index < -0.39 is 11.9 Å². The maximum Gasteiger partial charge on any atom is 0.310 e. The summed E-state index contributed by atoms with van der Waals surface area (Å²) in [5.41, 5.74) is 0. The summed E-state index contributed by atoms with van der Waals surface area (Å²) in [6.45, 7) is 3.05. The molecular weight excluding hydrogens is 296 g/mol. The average molecular weight is 322 g/mol. The number of unbranched alkanes of at least 4 members (excludes halogenated alkanes) is 3. The van der Waals surface area contributed by atoms with Crippen LogP contribution in [0.3, 0.4) is 0 Å². The molecule has 0 aromatic rings. The Morgan fingerprint density at radius 1 is 0.636 bits per heavy atom. The summed E-state index contributed by atoms with van der Waals surface area (Å²) in [6, 6.07) is 0. The van der Waals surface area contributed by atoms with Crippen molar-refractivity contribution >= 4 is 23.5 Å². The molecule has 8 nitrogen and oxygen atoms in total. The molecule has 4 N–H and O–H groups in total. The summed E-state index contributed by atoms with van der Waals surface area (Å²) < 4.78 is 0. The third-order valence-electron chi connectivity index (χ3n) is 1.87. The van der Waals surface area contributed by atoms with Crippen molar-refractivity contribution in [1.29, 1.82) is 0 Å². The lowest BCUT2D eigenvalue weighted by Crippen LogP contribution is -2.00. The molecule has 0 aromatic heterocycles. The van der Waals surface area contributed by atoms with E-state index in [0.29, 0.717) is 0 Å². The fourth-order valence-corrected chi connectivity index (χ4v) is 1.00. The third-order valence-corrected chi connectivity index (χ3v) is 1.87. The van der Waals surface area contributed by atoms with E-state index in [1.807, 2.05) is 0 Å². The molecule has 0 saturated heterocycles. The SMILES string of the molecule is CC(=O)CC(=O)O.CC(=O)CC(=O)O.OCCCCCCO. The molecule has 0 spiro atoms. The summed E-state index contributed by atoms with van der Waals surface area (Å²) in [7, 11) is 0. The van der Waals surface area contributed by atoms with E-state index in [1.54, 1.807) is 0 Å². The van der Waals surface area contributed by atoms with Crippen LogP contribution in [0.15, 0.2) is 0 Å². The molecule has 0 saturated carbocycles. The van der Waals surface area contributed by atoms with Gasteiger partial charge >= 0.3 is 11.9 Å². The average Bonchev–Trinajstić information content (AvgIpc) is 2.33. The highest BCUT2D eigenvalue weighted by molar-refractivity contribution is 5.93. The van der Waals surface area contributed by atoms with Crippen molar-refractivity contribution in [3.63, 3.8) is 0 Å². The zero-order valence-corrected chi connectivity index (χ0v) is 13.1. The first-order valence-corrected chi connectivity index (χ1v) is 6.81. The van der Waals surface area contributed by atoms with E-state index in [0.717, 1.165) is 25.7 Å². The Balaban J connectivity index is -0.000000247. The molecule has 0 aliphatic heterocycles. The first kappa shape index (κ1) is 25.2. The van der Waals surface area contributed by atoms with Gasteiger partial charge in [-0.15, -0.1) is 0 Å².